The van der Waals surface area contributed by atoms with Gasteiger partial charge in [-0.1, -0.05) is 15.9 Å². The van der Waals surface area contributed by atoms with Crippen LogP contribution >= 0.6 is 15.9 Å². The summed E-state index contributed by atoms with van der Waals surface area (Å²) >= 11 is 3.48. The van der Waals surface area contributed by atoms with Gasteiger partial charge in [0.25, 0.3) is 0 Å². The molecule has 0 amide bonds. The van der Waals surface area contributed by atoms with Crippen molar-refractivity contribution in [1.29, 1.82) is 0 Å². The Hall–Kier alpha value is -0.580. The molecule has 4 heteroatoms. The third kappa shape index (κ3) is 1.65. The lowest BCUT2D eigenvalue weighted by atomic mass is 10.0. The molecule has 1 spiro atoms. The van der Waals surface area contributed by atoms with Crippen LogP contribution < -0.4 is 4.74 Å². The van der Waals surface area contributed by atoms with Crippen molar-refractivity contribution < 1.29 is 14.2 Å². The molecule has 0 aromatic heterocycles. The summed E-state index contributed by atoms with van der Waals surface area (Å²) in [6.07, 6.45) is 1.81. The standard InChI is InChI=1S/C12H13BrO3/c13-9-2-3-11-10(8-9)12(4-1-5-14-11)15-6-7-16-12/h2-3,8H,1,4-7H2. The van der Waals surface area contributed by atoms with E-state index in [9.17, 15) is 0 Å². The lowest BCUT2D eigenvalue weighted by Crippen LogP contribution is -2.26. The fraction of sp³-hybridized carbons (Fsp3) is 0.500. The topological polar surface area (TPSA) is 27.7 Å². The van der Waals surface area contributed by atoms with Crippen molar-refractivity contribution in [2.45, 2.75) is 18.6 Å². The average Bonchev–Trinajstić information content (AvgIpc) is 2.68. The maximum Gasteiger partial charge on any atom is 0.198 e. The highest BCUT2D eigenvalue weighted by atomic mass is 79.9. The van der Waals surface area contributed by atoms with E-state index >= 15 is 0 Å². The van der Waals surface area contributed by atoms with Gasteiger partial charge in [-0.15, -0.1) is 0 Å². The highest BCUT2D eigenvalue weighted by Crippen LogP contribution is 2.43. The molecule has 0 aliphatic carbocycles. The minimum atomic E-state index is -0.574. The second-order valence-electron chi connectivity index (χ2n) is 4.04. The summed E-state index contributed by atoms with van der Waals surface area (Å²) in [5.41, 5.74) is 1.01. The Morgan fingerprint density at radius 2 is 1.94 bits per heavy atom. The molecule has 3 rings (SSSR count). The lowest BCUT2D eigenvalue weighted by molar-refractivity contribution is -0.169. The van der Waals surface area contributed by atoms with Crippen molar-refractivity contribution >= 4 is 15.9 Å². The molecule has 1 aromatic carbocycles. The van der Waals surface area contributed by atoms with Crippen molar-refractivity contribution in [3.63, 3.8) is 0 Å². The third-order valence-corrected chi connectivity index (χ3v) is 3.51. The number of ether oxygens (including phenoxy) is 3. The Labute approximate surface area is 103 Å². The van der Waals surface area contributed by atoms with Crippen molar-refractivity contribution in [2.75, 3.05) is 19.8 Å². The molecule has 2 aliphatic rings. The molecule has 3 nitrogen and oxygen atoms in total. The van der Waals surface area contributed by atoms with Crippen LogP contribution in [0.5, 0.6) is 5.75 Å². The predicted molar refractivity (Wildman–Crippen MR) is 62.5 cm³/mol. The van der Waals surface area contributed by atoms with Gasteiger partial charge in [0.15, 0.2) is 5.79 Å². The minimum absolute atomic E-state index is 0.574. The van der Waals surface area contributed by atoms with Crippen molar-refractivity contribution in [3.8, 4) is 5.75 Å². The molecule has 16 heavy (non-hydrogen) atoms. The van der Waals surface area contributed by atoms with E-state index in [-0.39, 0.29) is 0 Å². The van der Waals surface area contributed by atoms with E-state index in [0.29, 0.717) is 13.2 Å². The molecule has 1 fully saturated rings. The molecule has 0 saturated carbocycles. The highest BCUT2D eigenvalue weighted by Gasteiger charge is 2.41. The van der Waals surface area contributed by atoms with Crippen LogP contribution in [0.25, 0.3) is 0 Å². The first-order valence-corrected chi connectivity index (χ1v) is 6.30. The van der Waals surface area contributed by atoms with Crippen LogP contribution in [0.2, 0.25) is 0 Å². The van der Waals surface area contributed by atoms with Gasteiger partial charge in [-0.05, 0) is 24.6 Å². The van der Waals surface area contributed by atoms with E-state index in [1.54, 1.807) is 0 Å². The summed E-state index contributed by atoms with van der Waals surface area (Å²) in [4.78, 5) is 0. The molecule has 1 aromatic rings. The second kappa shape index (κ2) is 4.02. The largest absolute Gasteiger partial charge is 0.493 e. The van der Waals surface area contributed by atoms with Crippen molar-refractivity contribution in [1.82, 2.24) is 0 Å². The molecular weight excluding hydrogens is 272 g/mol. The normalized spacial score (nSPS) is 22.6. The molecule has 0 unspecified atom stereocenters. The van der Waals surface area contributed by atoms with Crippen LogP contribution in [-0.4, -0.2) is 19.8 Å². The monoisotopic (exact) mass is 284 g/mol. The van der Waals surface area contributed by atoms with Gasteiger partial charge < -0.3 is 14.2 Å². The lowest BCUT2D eigenvalue weighted by Gasteiger charge is -2.26. The molecule has 2 aliphatic heterocycles. The first kappa shape index (κ1) is 10.6. The third-order valence-electron chi connectivity index (χ3n) is 3.01. The fourth-order valence-electron chi connectivity index (χ4n) is 2.30. The van der Waals surface area contributed by atoms with Crippen LogP contribution in [0, 0.1) is 0 Å². The Balaban J connectivity index is 2.11. The first-order chi connectivity index (χ1) is 7.80. The quantitative estimate of drug-likeness (QED) is 0.733. The SMILES string of the molecule is Brc1ccc2c(c1)C1(CCCO2)OCCO1. The van der Waals surface area contributed by atoms with Gasteiger partial charge in [0.05, 0.1) is 25.4 Å². The summed E-state index contributed by atoms with van der Waals surface area (Å²) in [5.74, 6) is 0.304. The fourth-order valence-corrected chi connectivity index (χ4v) is 2.66. The molecule has 86 valence electrons. The van der Waals surface area contributed by atoms with E-state index < -0.39 is 5.79 Å². The van der Waals surface area contributed by atoms with E-state index in [4.69, 9.17) is 14.2 Å². The summed E-state index contributed by atoms with van der Waals surface area (Å²) in [5, 5.41) is 0. The molecular formula is C12H13BrO3. The Morgan fingerprint density at radius 3 is 2.75 bits per heavy atom. The maximum atomic E-state index is 5.82. The number of hydrogen-bond acceptors (Lipinski definition) is 3. The van der Waals surface area contributed by atoms with E-state index in [1.807, 2.05) is 18.2 Å². The summed E-state index contributed by atoms with van der Waals surface area (Å²) in [6, 6.07) is 5.98. The van der Waals surface area contributed by atoms with Crippen LogP contribution in [0.1, 0.15) is 18.4 Å². The minimum Gasteiger partial charge on any atom is -0.493 e. The first-order valence-electron chi connectivity index (χ1n) is 5.51. The number of halogens is 1. The molecule has 1 saturated heterocycles. The molecule has 2 heterocycles. The number of hydrogen-bond donors (Lipinski definition) is 0. The molecule has 0 N–H and O–H groups in total. The Bertz CT molecular complexity index is 399. The van der Waals surface area contributed by atoms with Crippen LogP contribution in [0.3, 0.4) is 0 Å². The molecule has 0 bridgehead atoms. The van der Waals surface area contributed by atoms with Gasteiger partial charge in [0.2, 0.25) is 0 Å². The van der Waals surface area contributed by atoms with E-state index in [1.165, 1.54) is 0 Å². The van der Waals surface area contributed by atoms with Crippen LogP contribution in [-0.2, 0) is 15.3 Å². The van der Waals surface area contributed by atoms with Gasteiger partial charge in [-0.3, -0.25) is 0 Å². The molecule has 0 radical (unpaired) electrons. The zero-order valence-corrected chi connectivity index (χ0v) is 10.5. The summed E-state index contributed by atoms with van der Waals surface area (Å²) in [6.45, 7) is 2.04. The van der Waals surface area contributed by atoms with E-state index in [0.717, 1.165) is 35.2 Å². The molecule has 0 atom stereocenters. The number of benzene rings is 1. The Morgan fingerprint density at radius 1 is 1.12 bits per heavy atom. The summed E-state index contributed by atoms with van der Waals surface area (Å²) < 4.78 is 18.4. The smallest absolute Gasteiger partial charge is 0.198 e. The highest BCUT2D eigenvalue weighted by molar-refractivity contribution is 9.10. The zero-order valence-electron chi connectivity index (χ0n) is 8.87. The average molecular weight is 285 g/mol. The van der Waals surface area contributed by atoms with Gasteiger partial charge in [0.1, 0.15) is 5.75 Å². The van der Waals surface area contributed by atoms with Crippen LogP contribution in [0.4, 0.5) is 0 Å². The second-order valence-corrected chi connectivity index (χ2v) is 4.96. The van der Waals surface area contributed by atoms with Gasteiger partial charge >= 0.3 is 0 Å². The maximum absolute atomic E-state index is 5.82. The predicted octanol–water partition coefficient (Wildman–Crippen LogP) is 2.82. The number of rotatable bonds is 0. The van der Waals surface area contributed by atoms with E-state index in [2.05, 4.69) is 15.9 Å². The van der Waals surface area contributed by atoms with Gasteiger partial charge in [0, 0.05) is 10.9 Å². The van der Waals surface area contributed by atoms with Crippen molar-refractivity contribution in [2.24, 2.45) is 0 Å². The van der Waals surface area contributed by atoms with Gasteiger partial charge in [-0.2, -0.15) is 0 Å². The summed E-state index contributed by atoms with van der Waals surface area (Å²) in [7, 11) is 0. The number of fused-ring (bicyclic) bond motifs is 2. The van der Waals surface area contributed by atoms with Crippen LogP contribution in [0.15, 0.2) is 22.7 Å². The Kier molecular flexibility index (Phi) is 2.65. The van der Waals surface area contributed by atoms with Crippen molar-refractivity contribution in [3.05, 3.63) is 28.2 Å². The van der Waals surface area contributed by atoms with Gasteiger partial charge in [-0.25, -0.2) is 0 Å². The zero-order chi connectivity index (χ0) is 11.0.